The Balaban J connectivity index is 1.28. The standard InChI is InChI=1S/C41H48F2N6O8S/c1-41(2,3)26-21-33(37(52-5)34(22-26)49-58-6)47-40(50)46-32-11-12-35(31-10-8-7-9-30(31)32)57-36-13-14-44-39(48-36)45-27-23-28(25-29(24-27)56-38(42)43)55-20-19-54-18-17-53-16-15-51-4/h7-14,21-25,38,49H,15-20H2,1-6H3,(H,44,45,48)(H2,46,47,50). The zero-order chi connectivity index (χ0) is 41.5. The van der Waals surface area contributed by atoms with Crippen molar-refractivity contribution in [2.75, 3.05) is 80.8 Å². The van der Waals surface area contributed by atoms with Crippen molar-refractivity contribution in [3.8, 4) is 28.9 Å². The molecule has 4 N–H and O–H groups in total. The minimum absolute atomic E-state index is 0.121. The lowest BCUT2D eigenvalue weighted by atomic mass is 9.86. The lowest BCUT2D eigenvalue weighted by Gasteiger charge is -2.24. The van der Waals surface area contributed by atoms with Crippen LogP contribution in [-0.2, 0) is 19.6 Å². The van der Waals surface area contributed by atoms with E-state index < -0.39 is 12.6 Å². The Morgan fingerprint density at radius 2 is 1.50 bits per heavy atom. The van der Waals surface area contributed by atoms with E-state index in [2.05, 4.69) is 56.1 Å². The Hall–Kier alpha value is -5.62. The monoisotopic (exact) mass is 822 g/mol. The lowest BCUT2D eigenvalue weighted by molar-refractivity contribution is -0.0499. The summed E-state index contributed by atoms with van der Waals surface area (Å²) in [6, 6.07) is 20.2. The molecule has 310 valence electrons. The number of hydrogen-bond acceptors (Lipinski definition) is 13. The van der Waals surface area contributed by atoms with Gasteiger partial charge in [-0.2, -0.15) is 13.8 Å². The molecule has 1 heterocycles. The van der Waals surface area contributed by atoms with Crippen LogP contribution in [0.2, 0.25) is 0 Å². The highest BCUT2D eigenvalue weighted by Crippen LogP contribution is 2.40. The first-order valence-electron chi connectivity index (χ1n) is 18.2. The molecule has 2 amide bonds. The van der Waals surface area contributed by atoms with Crippen molar-refractivity contribution >= 4 is 57.4 Å². The van der Waals surface area contributed by atoms with E-state index in [1.165, 1.54) is 30.3 Å². The number of fused-ring (bicyclic) bond motifs is 1. The van der Waals surface area contributed by atoms with Crippen LogP contribution in [0, 0.1) is 0 Å². The fraction of sp³-hybridized carbons (Fsp3) is 0.341. The van der Waals surface area contributed by atoms with E-state index in [9.17, 15) is 13.6 Å². The predicted molar refractivity (Wildman–Crippen MR) is 223 cm³/mol. The molecule has 0 aliphatic carbocycles. The summed E-state index contributed by atoms with van der Waals surface area (Å²) in [5.74, 6) is 1.42. The minimum atomic E-state index is -3.05. The van der Waals surface area contributed by atoms with Crippen molar-refractivity contribution in [3.05, 3.63) is 84.6 Å². The van der Waals surface area contributed by atoms with Gasteiger partial charge in [0.2, 0.25) is 11.8 Å². The number of carbonyl (C=O) groups excluding carboxylic acids is 1. The molecular weight excluding hydrogens is 775 g/mol. The van der Waals surface area contributed by atoms with Gasteiger partial charge in [-0.05, 0) is 35.2 Å². The largest absolute Gasteiger partial charge is 0.492 e. The second kappa shape index (κ2) is 21.2. The molecule has 58 heavy (non-hydrogen) atoms. The van der Waals surface area contributed by atoms with Crippen LogP contribution in [0.5, 0.6) is 28.9 Å². The molecule has 0 atom stereocenters. The quantitative estimate of drug-likeness (QED) is 0.0411. The van der Waals surface area contributed by atoms with Crippen LogP contribution in [0.4, 0.5) is 42.3 Å². The Morgan fingerprint density at radius 1 is 0.810 bits per heavy atom. The first-order chi connectivity index (χ1) is 28.0. The molecule has 0 aliphatic heterocycles. The maximum absolute atomic E-state index is 13.5. The summed E-state index contributed by atoms with van der Waals surface area (Å²) in [7, 11) is 3.15. The minimum Gasteiger partial charge on any atom is -0.492 e. The van der Waals surface area contributed by atoms with Crippen molar-refractivity contribution in [3.63, 3.8) is 0 Å². The molecule has 0 fully saturated rings. The van der Waals surface area contributed by atoms with Crippen LogP contribution in [-0.4, -0.2) is 82.7 Å². The normalized spacial score (nSPS) is 11.3. The number of benzene rings is 4. The molecule has 5 aromatic rings. The number of nitrogens with one attached hydrogen (secondary N) is 4. The van der Waals surface area contributed by atoms with Gasteiger partial charge in [0.05, 0.1) is 57.2 Å². The van der Waals surface area contributed by atoms with Gasteiger partial charge in [0.1, 0.15) is 23.9 Å². The first kappa shape index (κ1) is 43.5. The number of halogens is 2. The summed E-state index contributed by atoms with van der Waals surface area (Å²) >= 11 is 1.42. The molecule has 0 saturated carbocycles. The maximum Gasteiger partial charge on any atom is 0.387 e. The van der Waals surface area contributed by atoms with Crippen LogP contribution in [0.15, 0.2) is 79.0 Å². The average molecular weight is 823 g/mol. The number of aromatic nitrogens is 2. The molecule has 0 aliphatic rings. The number of anilines is 5. The molecule has 5 rings (SSSR count). The highest BCUT2D eigenvalue weighted by molar-refractivity contribution is 7.99. The summed E-state index contributed by atoms with van der Waals surface area (Å²) in [5, 5.41) is 10.3. The van der Waals surface area contributed by atoms with Gasteiger partial charge in [-0.15, -0.1) is 0 Å². The molecule has 4 aromatic carbocycles. The lowest BCUT2D eigenvalue weighted by Crippen LogP contribution is -2.21. The van der Waals surface area contributed by atoms with E-state index in [0.717, 1.165) is 11.3 Å². The summed E-state index contributed by atoms with van der Waals surface area (Å²) < 4.78 is 67.7. The van der Waals surface area contributed by atoms with Gasteiger partial charge in [-0.25, -0.2) is 9.78 Å². The SMILES string of the molecule is COCCOCCOCCOc1cc(Nc2nccc(Oc3ccc(NC(=O)Nc4cc(C(C)(C)C)cc(NSC)c4OC)c4ccccc34)n2)cc(OC(F)F)c1. The highest BCUT2D eigenvalue weighted by Gasteiger charge is 2.21. The third-order valence-electron chi connectivity index (χ3n) is 8.26. The van der Waals surface area contributed by atoms with Crippen molar-refractivity contribution in [1.82, 2.24) is 9.97 Å². The second-order valence-corrected chi connectivity index (χ2v) is 14.1. The first-order valence-corrected chi connectivity index (χ1v) is 19.5. The summed E-state index contributed by atoms with van der Waals surface area (Å²) in [6.07, 6.45) is 3.40. The van der Waals surface area contributed by atoms with Gasteiger partial charge in [0, 0.05) is 60.3 Å². The van der Waals surface area contributed by atoms with Crippen LogP contribution in [0.1, 0.15) is 26.3 Å². The Bertz CT molecular complexity index is 2120. The second-order valence-electron chi connectivity index (χ2n) is 13.5. The third-order valence-corrected chi connectivity index (χ3v) is 8.68. The topological polar surface area (TPSA) is 156 Å². The van der Waals surface area contributed by atoms with Crippen molar-refractivity contribution in [2.24, 2.45) is 0 Å². The van der Waals surface area contributed by atoms with Crippen LogP contribution >= 0.6 is 11.9 Å². The molecule has 17 heteroatoms. The number of amides is 2. The van der Waals surface area contributed by atoms with E-state index >= 15 is 0 Å². The summed E-state index contributed by atoms with van der Waals surface area (Å²) in [5.41, 5.74) is 2.95. The fourth-order valence-corrected chi connectivity index (χ4v) is 5.96. The zero-order valence-electron chi connectivity index (χ0n) is 33.2. The Morgan fingerprint density at radius 3 is 2.21 bits per heavy atom. The number of carbonyl (C=O) groups is 1. The molecule has 0 saturated heterocycles. The number of hydrogen-bond donors (Lipinski definition) is 4. The summed E-state index contributed by atoms with van der Waals surface area (Å²) in [4.78, 5) is 22.2. The van der Waals surface area contributed by atoms with Gasteiger partial charge in [-0.1, -0.05) is 57.0 Å². The van der Waals surface area contributed by atoms with E-state index in [1.807, 2.05) is 42.7 Å². The molecule has 0 unspecified atom stereocenters. The Kier molecular flexibility index (Phi) is 15.9. The maximum atomic E-state index is 13.5. The smallest absolute Gasteiger partial charge is 0.387 e. The van der Waals surface area contributed by atoms with E-state index in [0.29, 0.717) is 65.8 Å². The molecular formula is C41H48F2N6O8S. The van der Waals surface area contributed by atoms with Gasteiger partial charge >= 0.3 is 12.6 Å². The van der Waals surface area contributed by atoms with Crippen molar-refractivity contribution in [1.29, 1.82) is 0 Å². The molecule has 0 radical (unpaired) electrons. The number of rotatable bonds is 21. The van der Waals surface area contributed by atoms with Gasteiger partial charge in [-0.3, -0.25) is 0 Å². The van der Waals surface area contributed by atoms with Crippen LogP contribution in [0.3, 0.4) is 0 Å². The van der Waals surface area contributed by atoms with E-state index in [1.54, 1.807) is 38.5 Å². The molecule has 0 bridgehead atoms. The van der Waals surface area contributed by atoms with Gasteiger partial charge in [0.15, 0.2) is 5.75 Å². The van der Waals surface area contributed by atoms with Crippen molar-refractivity contribution < 1.29 is 46.7 Å². The van der Waals surface area contributed by atoms with Crippen molar-refractivity contribution in [2.45, 2.75) is 32.8 Å². The van der Waals surface area contributed by atoms with E-state index in [4.69, 9.17) is 28.4 Å². The summed E-state index contributed by atoms with van der Waals surface area (Å²) in [6.45, 7) is 5.36. The van der Waals surface area contributed by atoms with Gasteiger partial charge in [0.25, 0.3) is 0 Å². The number of nitrogens with zero attached hydrogens (tertiary/aromatic N) is 2. The van der Waals surface area contributed by atoms with E-state index in [-0.39, 0.29) is 42.0 Å². The molecule has 0 spiro atoms. The predicted octanol–water partition coefficient (Wildman–Crippen LogP) is 9.47. The third kappa shape index (κ3) is 12.7. The average Bonchev–Trinajstić information content (AvgIpc) is 3.18. The van der Waals surface area contributed by atoms with Crippen LogP contribution in [0.25, 0.3) is 10.8 Å². The number of ether oxygens (including phenoxy) is 7. The molecule has 14 nitrogen and oxygen atoms in total. The Labute approximate surface area is 340 Å². The number of methoxy groups -OCH3 is 2. The fourth-order valence-electron chi connectivity index (χ4n) is 5.59. The highest BCUT2D eigenvalue weighted by atomic mass is 32.2. The number of alkyl halides is 2. The number of urea groups is 1. The zero-order valence-corrected chi connectivity index (χ0v) is 34.0. The molecule has 1 aromatic heterocycles. The van der Waals surface area contributed by atoms with Gasteiger partial charge < -0.3 is 53.8 Å². The van der Waals surface area contributed by atoms with Crippen LogP contribution < -0.4 is 39.6 Å².